The van der Waals surface area contributed by atoms with Gasteiger partial charge in [-0.3, -0.25) is 19.9 Å². The van der Waals surface area contributed by atoms with Crippen molar-refractivity contribution in [3.63, 3.8) is 0 Å². The fourth-order valence-corrected chi connectivity index (χ4v) is 4.18. The Kier molecular flexibility index (Phi) is 4.45. The molecule has 27 heavy (non-hydrogen) atoms. The van der Waals surface area contributed by atoms with Crippen LogP contribution in [0.4, 0.5) is 10.6 Å². The number of carbonyl (C=O) groups excluding carboxylic acids is 3. The maximum Gasteiger partial charge on any atom is 0.322 e. The van der Waals surface area contributed by atoms with E-state index < -0.39 is 11.6 Å². The number of anilines is 1. The third-order valence-corrected chi connectivity index (χ3v) is 5.80. The monoisotopic (exact) mass is 372 g/mol. The zero-order valence-electron chi connectivity index (χ0n) is 15.4. The van der Waals surface area contributed by atoms with E-state index in [1.54, 1.807) is 18.6 Å². The Hall–Kier alpha value is -2.71. The first-order valence-electron chi connectivity index (χ1n) is 9.43. The van der Waals surface area contributed by atoms with E-state index >= 15 is 0 Å². The molecular weight excluding hydrogens is 348 g/mol. The van der Waals surface area contributed by atoms with Crippen LogP contribution in [0.5, 0.6) is 0 Å². The molecule has 2 aliphatic heterocycles. The summed E-state index contributed by atoms with van der Waals surface area (Å²) in [5.41, 5.74) is -0.903. The molecule has 2 saturated heterocycles. The van der Waals surface area contributed by atoms with Gasteiger partial charge in [0.25, 0.3) is 5.91 Å². The summed E-state index contributed by atoms with van der Waals surface area (Å²) in [6.45, 7) is 3.96. The number of nitrogens with one attached hydrogen (secondary N) is 2. The van der Waals surface area contributed by atoms with E-state index in [0.717, 1.165) is 18.7 Å². The minimum Gasteiger partial charge on any atom is -0.349 e. The second-order valence-corrected chi connectivity index (χ2v) is 7.60. The van der Waals surface area contributed by atoms with Gasteiger partial charge in [-0.1, -0.05) is 0 Å². The van der Waals surface area contributed by atoms with Crippen molar-refractivity contribution in [1.29, 1.82) is 0 Å². The topological polar surface area (TPSA) is 108 Å². The van der Waals surface area contributed by atoms with Crippen LogP contribution in [0.3, 0.4) is 0 Å². The maximum absolute atomic E-state index is 12.8. The summed E-state index contributed by atoms with van der Waals surface area (Å²) in [5, 5.41) is 5.11. The summed E-state index contributed by atoms with van der Waals surface area (Å²) in [7, 11) is 0. The van der Waals surface area contributed by atoms with Crippen molar-refractivity contribution in [3.05, 3.63) is 18.6 Å². The third kappa shape index (κ3) is 3.33. The molecule has 0 radical (unpaired) electrons. The molecule has 2 atom stereocenters. The van der Waals surface area contributed by atoms with Gasteiger partial charge in [0.15, 0.2) is 0 Å². The molecule has 9 nitrogen and oxygen atoms in total. The Labute approximate surface area is 157 Å². The molecule has 0 aromatic carbocycles. The second-order valence-electron chi connectivity index (χ2n) is 7.60. The Morgan fingerprint density at radius 1 is 1.30 bits per heavy atom. The Balaban J connectivity index is 1.35. The molecule has 0 spiro atoms. The summed E-state index contributed by atoms with van der Waals surface area (Å²) in [5.74, 6) is 0.692. The molecule has 1 unspecified atom stereocenters. The van der Waals surface area contributed by atoms with Gasteiger partial charge in [0.05, 0.1) is 6.20 Å². The van der Waals surface area contributed by atoms with Crippen LogP contribution >= 0.6 is 0 Å². The number of hydrogen-bond donors (Lipinski definition) is 2. The normalized spacial score (nSPS) is 28.1. The molecule has 0 bridgehead atoms. The summed E-state index contributed by atoms with van der Waals surface area (Å²) in [4.78, 5) is 49.1. The van der Waals surface area contributed by atoms with Crippen LogP contribution in [-0.2, 0) is 9.59 Å². The van der Waals surface area contributed by atoms with Crippen molar-refractivity contribution >= 4 is 23.7 Å². The molecule has 4 rings (SSSR count). The van der Waals surface area contributed by atoms with E-state index in [1.807, 2.05) is 4.90 Å². The van der Waals surface area contributed by atoms with Gasteiger partial charge in [0, 0.05) is 44.5 Å². The van der Waals surface area contributed by atoms with Gasteiger partial charge < -0.3 is 15.1 Å². The van der Waals surface area contributed by atoms with E-state index in [9.17, 15) is 14.4 Å². The third-order valence-electron chi connectivity index (χ3n) is 5.80. The molecule has 1 aliphatic carbocycles. The zero-order chi connectivity index (χ0) is 19.0. The van der Waals surface area contributed by atoms with Crippen LogP contribution in [0, 0.1) is 5.92 Å². The maximum atomic E-state index is 12.8. The standard InChI is InChI=1S/C18H24N6O3/c1-12-11-23(8-9-24(12)14-10-19-6-7-20-14)15(25)4-5-18(13-2-3-13)16(26)21-17(27)22-18/h6-7,10,12-13H,2-5,8-9,11H2,1H3,(H2,21,22,26,27)/t12-,18?/m0/s1. The van der Waals surface area contributed by atoms with Crippen molar-refractivity contribution in [1.82, 2.24) is 25.5 Å². The molecule has 3 heterocycles. The van der Waals surface area contributed by atoms with E-state index in [0.29, 0.717) is 26.1 Å². The lowest BCUT2D eigenvalue weighted by Crippen LogP contribution is -2.55. The summed E-state index contributed by atoms with van der Waals surface area (Å²) >= 11 is 0. The second kappa shape index (κ2) is 6.79. The number of carbonyl (C=O) groups is 3. The van der Waals surface area contributed by atoms with Crippen LogP contribution in [0.1, 0.15) is 32.6 Å². The number of aromatic nitrogens is 2. The molecular formula is C18H24N6O3. The van der Waals surface area contributed by atoms with E-state index in [2.05, 4.69) is 32.4 Å². The average Bonchev–Trinajstić information content (AvgIpc) is 3.47. The van der Waals surface area contributed by atoms with Crippen molar-refractivity contribution in [3.8, 4) is 0 Å². The van der Waals surface area contributed by atoms with E-state index in [4.69, 9.17) is 0 Å². The van der Waals surface area contributed by atoms with Gasteiger partial charge in [-0.2, -0.15) is 0 Å². The largest absolute Gasteiger partial charge is 0.349 e. The SMILES string of the molecule is C[C@H]1CN(C(=O)CCC2(C3CC3)NC(=O)NC2=O)CCN1c1cnccn1. The van der Waals surface area contributed by atoms with Crippen molar-refractivity contribution < 1.29 is 14.4 Å². The molecule has 144 valence electrons. The van der Waals surface area contributed by atoms with Gasteiger partial charge in [-0.05, 0) is 32.1 Å². The Morgan fingerprint density at radius 3 is 2.70 bits per heavy atom. The predicted molar refractivity (Wildman–Crippen MR) is 96.8 cm³/mol. The molecule has 2 N–H and O–H groups in total. The first-order valence-corrected chi connectivity index (χ1v) is 9.43. The van der Waals surface area contributed by atoms with Crippen LogP contribution in [0.25, 0.3) is 0 Å². The molecule has 1 saturated carbocycles. The van der Waals surface area contributed by atoms with Crippen LogP contribution in [0.2, 0.25) is 0 Å². The van der Waals surface area contributed by atoms with Crippen LogP contribution in [-0.4, -0.2) is 63.9 Å². The lowest BCUT2D eigenvalue weighted by atomic mass is 9.87. The van der Waals surface area contributed by atoms with Crippen molar-refractivity contribution in [2.45, 2.75) is 44.2 Å². The first-order chi connectivity index (χ1) is 13.0. The predicted octanol–water partition coefficient (Wildman–Crippen LogP) is 0.282. The van der Waals surface area contributed by atoms with Gasteiger partial charge in [-0.15, -0.1) is 0 Å². The Morgan fingerprint density at radius 2 is 2.11 bits per heavy atom. The highest BCUT2D eigenvalue weighted by molar-refractivity contribution is 6.07. The Bertz CT molecular complexity index is 753. The summed E-state index contributed by atoms with van der Waals surface area (Å²) in [6.07, 6.45) is 7.47. The minimum absolute atomic E-state index is 0.0228. The molecule has 3 aliphatic rings. The number of imide groups is 1. The van der Waals surface area contributed by atoms with Crippen LogP contribution < -0.4 is 15.5 Å². The number of hydrogen-bond acceptors (Lipinski definition) is 6. The number of piperazine rings is 1. The van der Waals surface area contributed by atoms with Gasteiger partial charge >= 0.3 is 6.03 Å². The molecule has 4 amide bonds. The average molecular weight is 372 g/mol. The highest BCUT2D eigenvalue weighted by Gasteiger charge is 2.55. The number of urea groups is 1. The lowest BCUT2D eigenvalue weighted by Gasteiger charge is -2.40. The van der Waals surface area contributed by atoms with Crippen molar-refractivity contribution in [2.75, 3.05) is 24.5 Å². The smallest absolute Gasteiger partial charge is 0.322 e. The number of nitrogens with zero attached hydrogens (tertiary/aromatic N) is 4. The van der Waals surface area contributed by atoms with Gasteiger partial charge in [0.1, 0.15) is 11.4 Å². The lowest BCUT2D eigenvalue weighted by molar-refractivity contribution is -0.133. The summed E-state index contributed by atoms with van der Waals surface area (Å²) < 4.78 is 0. The summed E-state index contributed by atoms with van der Waals surface area (Å²) in [6, 6.07) is -0.322. The highest BCUT2D eigenvalue weighted by atomic mass is 16.2. The zero-order valence-corrected chi connectivity index (χ0v) is 15.4. The molecule has 9 heteroatoms. The fourth-order valence-electron chi connectivity index (χ4n) is 4.18. The fraction of sp³-hybridized carbons (Fsp3) is 0.611. The number of amides is 4. The molecule has 1 aromatic heterocycles. The minimum atomic E-state index is -0.903. The molecule has 3 fully saturated rings. The first kappa shape index (κ1) is 17.7. The highest BCUT2D eigenvalue weighted by Crippen LogP contribution is 2.43. The van der Waals surface area contributed by atoms with Crippen molar-refractivity contribution in [2.24, 2.45) is 5.92 Å². The molecule has 1 aromatic rings. The van der Waals surface area contributed by atoms with E-state index in [1.165, 1.54) is 0 Å². The van der Waals surface area contributed by atoms with E-state index in [-0.39, 0.29) is 30.2 Å². The van der Waals surface area contributed by atoms with Gasteiger partial charge in [-0.25, -0.2) is 9.78 Å². The van der Waals surface area contributed by atoms with Crippen LogP contribution in [0.15, 0.2) is 18.6 Å². The quantitative estimate of drug-likeness (QED) is 0.719. The number of rotatable bonds is 5. The van der Waals surface area contributed by atoms with Gasteiger partial charge in [0.2, 0.25) is 5.91 Å².